The molecule has 0 rings (SSSR count). The number of alkyl halides is 5. The number of ether oxygens (including phenoxy) is 1. The Kier molecular flexibility index (Phi) is 3.71. The second-order valence-electron chi connectivity index (χ2n) is 4.03. The van der Waals surface area contributed by atoms with E-state index in [2.05, 4.69) is 4.74 Å². The van der Waals surface area contributed by atoms with Crippen LogP contribution in [0.5, 0.6) is 0 Å². The third-order valence-electron chi connectivity index (χ3n) is 1.41. The van der Waals surface area contributed by atoms with Crippen LogP contribution >= 0.6 is 0 Å². The Hall–Kier alpha value is -0.880. The fourth-order valence-electron chi connectivity index (χ4n) is 0.455. The fraction of sp³-hybridized carbons (Fsp3) is 0.875. The van der Waals surface area contributed by atoms with Crippen molar-refractivity contribution >= 4 is 5.97 Å². The Morgan fingerprint density at radius 2 is 1.47 bits per heavy atom. The molecule has 0 atom stereocenters. The van der Waals surface area contributed by atoms with Gasteiger partial charge in [-0.1, -0.05) is 0 Å². The fourth-order valence-corrected chi connectivity index (χ4v) is 0.455. The molecule has 7 heteroatoms. The van der Waals surface area contributed by atoms with Gasteiger partial charge in [0, 0.05) is 0 Å². The minimum Gasteiger partial charge on any atom is -0.458 e. The maximum atomic E-state index is 12.3. The molecule has 0 spiro atoms. The van der Waals surface area contributed by atoms with Gasteiger partial charge in [-0.05, 0) is 20.8 Å². The summed E-state index contributed by atoms with van der Waals surface area (Å²) >= 11 is 0. The van der Waals surface area contributed by atoms with Gasteiger partial charge < -0.3 is 4.74 Å². The first kappa shape index (κ1) is 14.1. The molecule has 15 heavy (non-hydrogen) atoms. The van der Waals surface area contributed by atoms with Crippen LogP contribution < -0.4 is 0 Å². The zero-order valence-electron chi connectivity index (χ0n) is 8.41. The summed E-state index contributed by atoms with van der Waals surface area (Å²) in [5, 5.41) is 0. The van der Waals surface area contributed by atoms with Crippen LogP contribution in [-0.4, -0.2) is 24.7 Å². The van der Waals surface area contributed by atoms with E-state index in [9.17, 15) is 26.7 Å². The van der Waals surface area contributed by atoms with Crippen LogP contribution in [0.3, 0.4) is 0 Å². The van der Waals surface area contributed by atoms with E-state index in [4.69, 9.17) is 0 Å². The van der Waals surface area contributed by atoms with Crippen LogP contribution in [0.4, 0.5) is 22.0 Å². The molecule has 0 fully saturated rings. The third kappa shape index (κ3) is 4.01. The van der Waals surface area contributed by atoms with Crippen LogP contribution in [0.1, 0.15) is 20.8 Å². The van der Waals surface area contributed by atoms with Crippen molar-refractivity contribution in [3.05, 3.63) is 0 Å². The lowest BCUT2D eigenvalue weighted by molar-refractivity contribution is -0.294. The van der Waals surface area contributed by atoms with Gasteiger partial charge in [-0.3, -0.25) is 4.79 Å². The Bertz CT molecular complexity index is 238. The van der Waals surface area contributed by atoms with Gasteiger partial charge in [0.1, 0.15) is 0 Å². The Morgan fingerprint density at radius 3 is 1.73 bits per heavy atom. The van der Waals surface area contributed by atoms with Crippen molar-refractivity contribution in [3.8, 4) is 0 Å². The Labute approximate surface area is 83.4 Å². The number of esters is 1. The number of rotatable bonds is 2. The van der Waals surface area contributed by atoms with Gasteiger partial charge in [0.05, 0.1) is 5.41 Å². The van der Waals surface area contributed by atoms with Gasteiger partial charge in [0.25, 0.3) is 0 Å². The van der Waals surface area contributed by atoms with Crippen molar-refractivity contribution in [1.29, 1.82) is 0 Å². The largest absolute Gasteiger partial charge is 0.458 e. The second kappa shape index (κ2) is 3.94. The number of hydrogen-bond donors (Lipinski definition) is 0. The van der Waals surface area contributed by atoms with Crippen LogP contribution in [0.15, 0.2) is 0 Å². The molecule has 0 N–H and O–H groups in total. The standard InChI is InChI=1S/C8H11F5O2/c1-6(2,3)5(14)15-4-7(9,10)8(11,12)13/h4H2,1-3H3. The summed E-state index contributed by atoms with van der Waals surface area (Å²) in [5.74, 6) is -6.11. The average Bonchev–Trinajstić information content (AvgIpc) is 1.96. The van der Waals surface area contributed by atoms with Crippen LogP contribution in [-0.2, 0) is 9.53 Å². The molecule has 0 aliphatic rings. The molecule has 0 aromatic heterocycles. The molecule has 0 aromatic rings. The SMILES string of the molecule is CC(C)(C)C(=O)OCC(F)(F)C(F)(F)F. The molecule has 0 aliphatic heterocycles. The van der Waals surface area contributed by atoms with Gasteiger partial charge in [0.2, 0.25) is 0 Å². The Balaban J connectivity index is 4.36. The number of halogens is 5. The van der Waals surface area contributed by atoms with E-state index >= 15 is 0 Å². The lowest BCUT2D eigenvalue weighted by atomic mass is 9.97. The molecule has 0 amide bonds. The quantitative estimate of drug-likeness (QED) is 0.542. The number of hydrogen-bond acceptors (Lipinski definition) is 2. The topological polar surface area (TPSA) is 26.3 Å². The maximum Gasteiger partial charge on any atom is 0.456 e. The predicted molar refractivity (Wildman–Crippen MR) is 41.4 cm³/mol. The highest BCUT2D eigenvalue weighted by atomic mass is 19.4. The van der Waals surface area contributed by atoms with E-state index < -0.39 is 30.1 Å². The normalized spacial score (nSPS) is 13.9. The molecule has 0 bridgehead atoms. The van der Waals surface area contributed by atoms with Gasteiger partial charge in [0.15, 0.2) is 6.61 Å². The van der Waals surface area contributed by atoms with E-state index in [1.807, 2.05) is 0 Å². The van der Waals surface area contributed by atoms with Crippen molar-refractivity contribution in [1.82, 2.24) is 0 Å². The highest BCUT2D eigenvalue weighted by Crippen LogP contribution is 2.35. The summed E-state index contributed by atoms with van der Waals surface area (Å²) in [6.07, 6.45) is -5.70. The first-order valence-corrected chi connectivity index (χ1v) is 4.00. The van der Waals surface area contributed by atoms with Gasteiger partial charge >= 0.3 is 18.1 Å². The molecule has 0 heterocycles. The average molecular weight is 234 g/mol. The molecular weight excluding hydrogens is 223 g/mol. The van der Waals surface area contributed by atoms with E-state index in [0.717, 1.165) is 0 Å². The zero-order chi connectivity index (χ0) is 12.5. The summed E-state index contributed by atoms with van der Waals surface area (Å²) in [4.78, 5) is 10.9. The van der Waals surface area contributed by atoms with E-state index in [1.165, 1.54) is 20.8 Å². The molecule has 90 valence electrons. The molecule has 0 saturated carbocycles. The first-order chi connectivity index (χ1) is 6.38. The third-order valence-corrected chi connectivity index (χ3v) is 1.41. The second-order valence-corrected chi connectivity index (χ2v) is 4.03. The summed E-state index contributed by atoms with van der Waals surface area (Å²) < 4.78 is 63.4. The Morgan fingerprint density at radius 1 is 1.07 bits per heavy atom. The predicted octanol–water partition coefficient (Wildman–Crippen LogP) is 2.77. The van der Waals surface area contributed by atoms with Crippen LogP contribution in [0.2, 0.25) is 0 Å². The lowest BCUT2D eigenvalue weighted by Gasteiger charge is -2.22. The number of carbonyl (C=O) groups excluding carboxylic acids is 1. The van der Waals surface area contributed by atoms with Crippen molar-refractivity contribution in [2.24, 2.45) is 5.41 Å². The van der Waals surface area contributed by atoms with Crippen molar-refractivity contribution in [2.75, 3.05) is 6.61 Å². The van der Waals surface area contributed by atoms with E-state index in [0.29, 0.717) is 0 Å². The molecule has 0 radical (unpaired) electrons. The van der Waals surface area contributed by atoms with E-state index in [1.54, 1.807) is 0 Å². The van der Waals surface area contributed by atoms with Crippen LogP contribution in [0, 0.1) is 5.41 Å². The van der Waals surface area contributed by atoms with Crippen molar-refractivity contribution in [2.45, 2.75) is 32.9 Å². The number of carbonyl (C=O) groups is 1. The molecule has 0 unspecified atom stereocenters. The van der Waals surface area contributed by atoms with Gasteiger partial charge in [-0.25, -0.2) is 0 Å². The smallest absolute Gasteiger partial charge is 0.456 e. The highest BCUT2D eigenvalue weighted by Gasteiger charge is 2.58. The summed E-state index contributed by atoms with van der Waals surface area (Å²) in [6.45, 7) is 2.07. The molecule has 0 saturated heterocycles. The minimum absolute atomic E-state index is 1.11. The van der Waals surface area contributed by atoms with E-state index in [-0.39, 0.29) is 0 Å². The summed E-state index contributed by atoms with van der Waals surface area (Å²) in [5.41, 5.74) is -1.11. The van der Waals surface area contributed by atoms with Crippen LogP contribution in [0.25, 0.3) is 0 Å². The monoisotopic (exact) mass is 234 g/mol. The lowest BCUT2D eigenvalue weighted by Crippen LogP contribution is -2.42. The van der Waals surface area contributed by atoms with Gasteiger partial charge in [-0.15, -0.1) is 0 Å². The molecular formula is C8H11F5O2. The van der Waals surface area contributed by atoms with Crippen molar-refractivity contribution < 1.29 is 31.5 Å². The highest BCUT2D eigenvalue weighted by molar-refractivity contribution is 5.75. The molecule has 0 aliphatic carbocycles. The van der Waals surface area contributed by atoms with Crippen molar-refractivity contribution in [3.63, 3.8) is 0 Å². The van der Waals surface area contributed by atoms with Gasteiger partial charge in [-0.2, -0.15) is 22.0 Å². The first-order valence-electron chi connectivity index (χ1n) is 4.00. The summed E-state index contributed by atoms with van der Waals surface area (Å²) in [6, 6.07) is 0. The summed E-state index contributed by atoms with van der Waals surface area (Å²) in [7, 11) is 0. The zero-order valence-corrected chi connectivity index (χ0v) is 8.41. The molecule has 0 aromatic carbocycles. The minimum atomic E-state index is -5.70. The maximum absolute atomic E-state index is 12.3. The molecule has 2 nitrogen and oxygen atoms in total.